The maximum absolute atomic E-state index is 12.6. The zero-order chi connectivity index (χ0) is 19.9. The molecule has 1 aromatic carbocycles. The van der Waals surface area contributed by atoms with Gasteiger partial charge in [-0.3, -0.25) is 14.6 Å². The maximum atomic E-state index is 12.6. The van der Waals surface area contributed by atoms with Crippen LogP contribution in [0.4, 0.5) is 11.6 Å². The Morgan fingerprint density at radius 3 is 2.39 bits per heavy atom. The number of nitrogens with one attached hydrogen (secondary N) is 1. The van der Waals surface area contributed by atoms with Crippen LogP contribution < -0.4 is 5.32 Å². The van der Waals surface area contributed by atoms with Crippen LogP contribution in [0.15, 0.2) is 61.1 Å². The molecule has 28 heavy (non-hydrogen) atoms. The van der Waals surface area contributed by atoms with E-state index in [1.54, 1.807) is 60.9 Å². The fourth-order valence-electron chi connectivity index (χ4n) is 2.60. The minimum atomic E-state index is -0.175. The van der Waals surface area contributed by atoms with E-state index in [0.717, 1.165) is 17.7 Å². The summed E-state index contributed by atoms with van der Waals surface area (Å²) in [6.45, 7) is 2.09. The molecule has 142 valence electrons. The number of nitrogens with zero attached hydrogens (tertiary/aromatic N) is 4. The molecule has 1 amide bonds. The lowest BCUT2D eigenvalue weighted by Gasteiger charge is -2.17. The summed E-state index contributed by atoms with van der Waals surface area (Å²) in [5, 5.41) is 3.05. The van der Waals surface area contributed by atoms with Crippen molar-refractivity contribution in [1.82, 2.24) is 19.9 Å². The number of ketones is 1. The lowest BCUT2D eigenvalue weighted by Crippen LogP contribution is -2.29. The number of pyridine rings is 1. The number of rotatable bonds is 7. The molecule has 0 saturated carbocycles. The van der Waals surface area contributed by atoms with Crippen molar-refractivity contribution in [2.75, 3.05) is 18.9 Å². The van der Waals surface area contributed by atoms with Crippen LogP contribution in [0.1, 0.15) is 33.3 Å². The lowest BCUT2D eigenvalue weighted by molar-refractivity contribution is 0.0790. The topological polar surface area (TPSA) is 88.1 Å². The third kappa shape index (κ3) is 4.97. The summed E-state index contributed by atoms with van der Waals surface area (Å²) in [7, 11) is 1.75. The zero-order valence-electron chi connectivity index (χ0n) is 15.8. The second-order valence-electron chi connectivity index (χ2n) is 6.36. The molecule has 0 unspecified atom stereocenters. The molecule has 7 heteroatoms. The standard InChI is InChI=1S/C21H21N5O2/c1-15(27)17-3-5-18(6-4-17)24-21-23-13-9-19(25-21)20(28)26(2)14-10-16-7-11-22-12-8-16/h3-9,11-13H,10,14H2,1-2H3,(H,23,24,25). The Hall–Kier alpha value is -3.61. The van der Waals surface area contributed by atoms with Gasteiger partial charge in [0.05, 0.1) is 0 Å². The largest absolute Gasteiger partial charge is 0.340 e. The number of likely N-dealkylation sites (N-methyl/N-ethyl adjacent to an activating group) is 1. The normalized spacial score (nSPS) is 10.4. The molecule has 1 N–H and O–H groups in total. The zero-order valence-corrected chi connectivity index (χ0v) is 15.8. The molecular formula is C21H21N5O2. The van der Waals surface area contributed by atoms with Crippen molar-refractivity contribution < 1.29 is 9.59 Å². The van der Waals surface area contributed by atoms with Crippen LogP contribution in [0, 0.1) is 0 Å². The number of hydrogen-bond acceptors (Lipinski definition) is 6. The van der Waals surface area contributed by atoms with Gasteiger partial charge < -0.3 is 10.2 Å². The molecule has 3 aromatic rings. The fraction of sp³-hybridized carbons (Fsp3) is 0.190. The van der Waals surface area contributed by atoms with E-state index in [2.05, 4.69) is 20.3 Å². The highest BCUT2D eigenvalue weighted by molar-refractivity contribution is 5.94. The molecule has 2 heterocycles. The predicted molar refractivity (Wildman–Crippen MR) is 107 cm³/mol. The van der Waals surface area contributed by atoms with Crippen molar-refractivity contribution in [2.45, 2.75) is 13.3 Å². The maximum Gasteiger partial charge on any atom is 0.272 e. The van der Waals surface area contributed by atoms with Crippen LogP contribution >= 0.6 is 0 Å². The molecule has 0 aliphatic heterocycles. The second-order valence-corrected chi connectivity index (χ2v) is 6.36. The number of anilines is 2. The fourth-order valence-corrected chi connectivity index (χ4v) is 2.60. The van der Waals surface area contributed by atoms with E-state index >= 15 is 0 Å². The molecule has 0 fully saturated rings. The van der Waals surface area contributed by atoms with Crippen molar-refractivity contribution >= 4 is 23.3 Å². The highest BCUT2D eigenvalue weighted by Gasteiger charge is 2.14. The first-order valence-electron chi connectivity index (χ1n) is 8.88. The van der Waals surface area contributed by atoms with E-state index in [1.807, 2.05) is 12.1 Å². The quantitative estimate of drug-likeness (QED) is 0.638. The first-order chi connectivity index (χ1) is 13.5. The Bertz CT molecular complexity index is 958. The van der Waals surface area contributed by atoms with Gasteiger partial charge in [0.2, 0.25) is 5.95 Å². The molecule has 0 saturated heterocycles. The third-order valence-electron chi connectivity index (χ3n) is 4.25. The average molecular weight is 375 g/mol. The van der Waals surface area contributed by atoms with E-state index in [1.165, 1.54) is 6.92 Å². The van der Waals surface area contributed by atoms with Gasteiger partial charge in [0.15, 0.2) is 5.78 Å². The second kappa shape index (κ2) is 8.85. The van der Waals surface area contributed by atoms with Gasteiger partial charge in [0.25, 0.3) is 5.91 Å². The number of carbonyl (C=O) groups excluding carboxylic acids is 2. The molecule has 2 aromatic heterocycles. The van der Waals surface area contributed by atoms with E-state index < -0.39 is 0 Å². The van der Waals surface area contributed by atoms with Gasteiger partial charge in [-0.15, -0.1) is 0 Å². The number of hydrogen-bond donors (Lipinski definition) is 1. The van der Waals surface area contributed by atoms with Crippen molar-refractivity contribution in [3.8, 4) is 0 Å². The van der Waals surface area contributed by atoms with Crippen LogP contribution in [0.2, 0.25) is 0 Å². The molecular weight excluding hydrogens is 354 g/mol. The number of aromatic nitrogens is 3. The van der Waals surface area contributed by atoms with E-state index in [9.17, 15) is 9.59 Å². The van der Waals surface area contributed by atoms with Gasteiger partial charge in [-0.2, -0.15) is 0 Å². The SMILES string of the molecule is CC(=O)c1ccc(Nc2nccc(C(=O)N(C)CCc3ccncc3)n2)cc1. The van der Waals surface area contributed by atoms with Gasteiger partial charge in [0.1, 0.15) is 5.69 Å². The minimum Gasteiger partial charge on any atom is -0.340 e. The van der Waals surface area contributed by atoms with Crippen LogP contribution in [0.25, 0.3) is 0 Å². The smallest absolute Gasteiger partial charge is 0.272 e. The van der Waals surface area contributed by atoms with Crippen molar-refractivity contribution in [2.24, 2.45) is 0 Å². The number of carbonyl (C=O) groups is 2. The molecule has 0 atom stereocenters. The summed E-state index contributed by atoms with van der Waals surface area (Å²) in [5.41, 5.74) is 2.80. The summed E-state index contributed by atoms with van der Waals surface area (Å²) < 4.78 is 0. The van der Waals surface area contributed by atoms with E-state index in [4.69, 9.17) is 0 Å². The van der Waals surface area contributed by atoms with E-state index in [-0.39, 0.29) is 11.7 Å². The molecule has 0 spiro atoms. The molecule has 7 nitrogen and oxygen atoms in total. The highest BCUT2D eigenvalue weighted by atomic mass is 16.2. The number of amides is 1. The Balaban J connectivity index is 1.64. The summed E-state index contributed by atoms with van der Waals surface area (Å²) in [6.07, 6.45) is 5.76. The Morgan fingerprint density at radius 1 is 1.00 bits per heavy atom. The predicted octanol–water partition coefficient (Wildman–Crippen LogP) is 3.13. The first kappa shape index (κ1) is 19.2. The minimum absolute atomic E-state index is 0.00481. The molecule has 0 radical (unpaired) electrons. The summed E-state index contributed by atoms with van der Waals surface area (Å²) in [6, 6.07) is 12.5. The molecule has 0 aliphatic carbocycles. The number of Topliss-reactive ketones (excluding diaryl/α,β-unsaturated/α-hetero) is 1. The van der Waals surface area contributed by atoms with Crippen molar-refractivity contribution in [3.63, 3.8) is 0 Å². The van der Waals surface area contributed by atoms with Crippen LogP contribution in [-0.2, 0) is 6.42 Å². The summed E-state index contributed by atoms with van der Waals surface area (Å²) >= 11 is 0. The first-order valence-corrected chi connectivity index (χ1v) is 8.88. The van der Waals surface area contributed by atoms with E-state index in [0.29, 0.717) is 23.8 Å². The molecule has 3 rings (SSSR count). The Morgan fingerprint density at radius 2 is 1.71 bits per heavy atom. The summed E-state index contributed by atoms with van der Waals surface area (Å²) in [4.78, 5) is 38.1. The monoisotopic (exact) mass is 375 g/mol. The van der Waals surface area contributed by atoms with Gasteiger partial charge in [0, 0.05) is 43.4 Å². The Labute approximate surface area is 163 Å². The van der Waals surface area contributed by atoms with Gasteiger partial charge in [-0.1, -0.05) is 0 Å². The van der Waals surface area contributed by atoms with Crippen LogP contribution in [0.5, 0.6) is 0 Å². The lowest BCUT2D eigenvalue weighted by atomic mass is 10.1. The van der Waals surface area contributed by atoms with Crippen LogP contribution in [-0.4, -0.2) is 45.1 Å². The summed E-state index contributed by atoms with van der Waals surface area (Å²) in [5.74, 6) is 0.153. The molecule has 0 aliphatic rings. The van der Waals surface area contributed by atoms with Crippen LogP contribution in [0.3, 0.4) is 0 Å². The highest BCUT2D eigenvalue weighted by Crippen LogP contribution is 2.15. The number of benzene rings is 1. The van der Waals surface area contributed by atoms with Gasteiger partial charge in [-0.25, -0.2) is 9.97 Å². The Kier molecular flexibility index (Phi) is 6.06. The molecule has 0 bridgehead atoms. The van der Waals surface area contributed by atoms with Gasteiger partial charge in [-0.05, 0) is 61.4 Å². The van der Waals surface area contributed by atoms with Crippen molar-refractivity contribution in [3.05, 3.63) is 77.9 Å². The third-order valence-corrected chi connectivity index (χ3v) is 4.25. The van der Waals surface area contributed by atoms with Gasteiger partial charge >= 0.3 is 0 Å². The average Bonchev–Trinajstić information content (AvgIpc) is 2.73. The van der Waals surface area contributed by atoms with Crippen molar-refractivity contribution in [1.29, 1.82) is 0 Å².